The number of nitrogens with two attached hydrogens (primary N) is 1. The first-order valence-electron chi connectivity index (χ1n) is 10.2. The van der Waals surface area contributed by atoms with Crippen LogP contribution in [0, 0.1) is 5.82 Å². The van der Waals surface area contributed by atoms with E-state index >= 15 is 0 Å². The van der Waals surface area contributed by atoms with Crippen molar-refractivity contribution in [2.24, 2.45) is 0 Å². The van der Waals surface area contributed by atoms with Crippen molar-refractivity contribution in [3.05, 3.63) is 53.0 Å². The molecular weight excluding hydrogens is 478 g/mol. The summed E-state index contributed by atoms with van der Waals surface area (Å²) in [4.78, 5) is 17.7. The number of alkyl halides is 3. The number of halogens is 4. The van der Waals surface area contributed by atoms with Gasteiger partial charge < -0.3 is 16.0 Å². The lowest BCUT2D eigenvalue weighted by molar-refractivity contribution is -0.141. The van der Waals surface area contributed by atoms with E-state index in [-0.39, 0.29) is 29.3 Å². The van der Waals surface area contributed by atoms with Gasteiger partial charge in [-0.05, 0) is 48.7 Å². The third-order valence-corrected chi connectivity index (χ3v) is 5.53. The number of hydrogen-bond donors (Lipinski definition) is 3. The van der Waals surface area contributed by atoms with Crippen LogP contribution < -0.4 is 20.7 Å². The SMILES string of the molecule is CS(=O)(=O)Nc1c(N)cc(CNC(=O)/C=C/c2ccc(C(F)(F)F)nc2N2CCCC2)cc1F. The zero-order valence-electron chi connectivity index (χ0n) is 18.1. The molecular formula is C21H23F4N5O3S. The maximum atomic E-state index is 14.2. The monoisotopic (exact) mass is 501 g/mol. The Balaban J connectivity index is 1.72. The fourth-order valence-electron chi connectivity index (χ4n) is 3.42. The molecule has 0 spiro atoms. The second kappa shape index (κ2) is 9.87. The van der Waals surface area contributed by atoms with Crippen molar-refractivity contribution in [3.63, 3.8) is 0 Å². The van der Waals surface area contributed by atoms with Crippen molar-refractivity contribution in [2.45, 2.75) is 25.6 Å². The fraction of sp³-hybridized carbons (Fsp3) is 0.333. The van der Waals surface area contributed by atoms with Crippen LogP contribution in [0.1, 0.15) is 29.7 Å². The number of carbonyl (C=O) groups is 1. The Labute approximate surface area is 193 Å². The van der Waals surface area contributed by atoms with Crippen LogP contribution >= 0.6 is 0 Å². The minimum absolute atomic E-state index is 0.117. The molecule has 1 aromatic carbocycles. The van der Waals surface area contributed by atoms with Crippen molar-refractivity contribution in [1.29, 1.82) is 0 Å². The van der Waals surface area contributed by atoms with Gasteiger partial charge in [-0.25, -0.2) is 17.8 Å². The van der Waals surface area contributed by atoms with E-state index < -0.39 is 33.6 Å². The fourth-order valence-corrected chi connectivity index (χ4v) is 4.01. The maximum absolute atomic E-state index is 14.2. The number of nitrogens with one attached hydrogen (secondary N) is 2. The number of nitrogens with zero attached hydrogens (tertiary/aromatic N) is 2. The molecule has 2 heterocycles. The second-order valence-corrected chi connectivity index (χ2v) is 9.52. The van der Waals surface area contributed by atoms with Crippen molar-refractivity contribution in [2.75, 3.05) is 34.7 Å². The number of nitrogen functional groups attached to an aromatic ring is 1. The summed E-state index contributed by atoms with van der Waals surface area (Å²) < 4.78 is 78.1. The Bertz CT molecular complexity index is 1190. The molecule has 0 saturated carbocycles. The largest absolute Gasteiger partial charge is 0.433 e. The van der Waals surface area contributed by atoms with Crippen LogP contribution in [0.15, 0.2) is 30.3 Å². The first-order chi connectivity index (χ1) is 15.8. The molecule has 13 heteroatoms. The van der Waals surface area contributed by atoms with Gasteiger partial charge in [-0.1, -0.05) is 0 Å². The summed E-state index contributed by atoms with van der Waals surface area (Å²) in [7, 11) is -3.74. The summed E-state index contributed by atoms with van der Waals surface area (Å²) in [5.41, 5.74) is 4.79. The number of benzene rings is 1. The second-order valence-electron chi connectivity index (χ2n) is 7.77. The van der Waals surface area contributed by atoms with Gasteiger partial charge in [0.05, 0.1) is 11.9 Å². The summed E-state index contributed by atoms with van der Waals surface area (Å²) in [6.45, 7) is 1.02. The molecule has 0 unspecified atom stereocenters. The Hall–Kier alpha value is -3.35. The Morgan fingerprint density at radius 3 is 2.50 bits per heavy atom. The molecule has 0 bridgehead atoms. The molecule has 8 nitrogen and oxygen atoms in total. The van der Waals surface area contributed by atoms with Gasteiger partial charge in [0.15, 0.2) is 0 Å². The van der Waals surface area contributed by atoms with Gasteiger partial charge in [-0.3, -0.25) is 9.52 Å². The molecule has 0 atom stereocenters. The zero-order valence-corrected chi connectivity index (χ0v) is 18.9. The maximum Gasteiger partial charge on any atom is 0.433 e. The highest BCUT2D eigenvalue weighted by molar-refractivity contribution is 7.92. The molecule has 34 heavy (non-hydrogen) atoms. The summed E-state index contributed by atoms with van der Waals surface area (Å²) in [6.07, 6.45) is 0.443. The third kappa shape index (κ3) is 6.59. The lowest BCUT2D eigenvalue weighted by Gasteiger charge is -2.20. The van der Waals surface area contributed by atoms with E-state index in [1.165, 1.54) is 18.2 Å². The van der Waals surface area contributed by atoms with E-state index in [1.807, 2.05) is 4.72 Å². The first kappa shape index (κ1) is 25.3. The lowest BCUT2D eigenvalue weighted by atomic mass is 10.1. The summed E-state index contributed by atoms with van der Waals surface area (Å²) in [6, 6.07) is 4.45. The minimum atomic E-state index is -4.59. The normalized spacial score (nSPS) is 14.6. The highest BCUT2D eigenvalue weighted by atomic mass is 32.2. The van der Waals surface area contributed by atoms with Crippen LogP contribution in [0.4, 0.5) is 34.8 Å². The third-order valence-electron chi connectivity index (χ3n) is 4.95. The molecule has 1 fully saturated rings. The van der Waals surface area contributed by atoms with Gasteiger partial charge in [0.2, 0.25) is 15.9 Å². The topological polar surface area (TPSA) is 117 Å². The Morgan fingerprint density at radius 1 is 1.24 bits per heavy atom. The number of anilines is 3. The molecule has 1 saturated heterocycles. The highest BCUT2D eigenvalue weighted by Crippen LogP contribution is 2.32. The minimum Gasteiger partial charge on any atom is -0.397 e. The van der Waals surface area contributed by atoms with Gasteiger partial charge in [-0.15, -0.1) is 0 Å². The van der Waals surface area contributed by atoms with E-state index in [1.54, 1.807) is 4.90 Å². The van der Waals surface area contributed by atoms with Crippen LogP contribution in [0.3, 0.4) is 0 Å². The van der Waals surface area contributed by atoms with Crippen LogP contribution in [0.25, 0.3) is 6.08 Å². The zero-order chi connectivity index (χ0) is 25.1. The number of pyridine rings is 1. The predicted octanol–water partition coefficient (Wildman–Crippen LogP) is 3.12. The molecule has 3 rings (SSSR count). The van der Waals surface area contributed by atoms with Gasteiger partial charge >= 0.3 is 6.18 Å². The van der Waals surface area contributed by atoms with Gasteiger partial charge in [0.1, 0.15) is 23.0 Å². The highest BCUT2D eigenvalue weighted by Gasteiger charge is 2.33. The number of hydrogen-bond acceptors (Lipinski definition) is 6. The summed E-state index contributed by atoms with van der Waals surface area (Å²) in [5.74, 6) is -1.33. The predicted molar refractivity (Wildman–Crippen MR) is 121 cm³/mol. The molecule has 2 aromatic rings. The van der Waals surface area contributed by atoms with Crippen LogP contribution in [-0.2, 0) is 27.5 Å². The molecule has 4 N–H and O–H groups in total. The number of sulfonamides is 1. The van der Waals surface area contributed by atoms with Crippen molar-refractivity contribution in [1.82, 2.24) is 10.3 Å². The Kier molecular flexibility index (Phi) is 7.34. The van der Waals surface area contributed by atoms with Crippen molar-refractivity contribution in [3.8, 4) is 0 Å². The van der Waals surface area contributed by atoms with E-state index in [0.29, 0.717) is 18.7 Å². The molecule has 0 aliphatic carbocycles. The Morgan fingerprint density at radius 2 is 1.91 bits per heavy atom. The molecule has 184 valence electrons. The number of amides is 1. The standard InChI is InChI=1S/C21H23F4N5O3S/c1-34(32,33)29-19-15(22)10-13(11-16(19)26)12-27-18(31)7-5-14-4-6-17(21(23,24)25)28-20(14)30-8-2-3-9-30/h4-7,10-11,29H,2-3,8-9,12,26H2,1H3,(H,27,31)/b7-5+. The van der Waals surface area contributed by atoms with Crippen LogP contribution in [-0.4, -0.2) is 38.7 Å². The van der Waals surface area contributed by atoms with Crippen LogP contribution in [0.5, 0.6) is 0 Å². The summed E-state index contributed by atoms with van der Waals surface area (Å²) in [5, 5.41) is 2.52. The van der Waals surface area contributed by atoms with Gasteiger partial charge in [-0.2, -0.15) is 13.2 Å². The molecule has 1 aromatic heterocycles. The average molecular weight is 502 g/mol. The van der Waals surface area contributed by atoms with Crippen molar-refractivity contribution >= 4 is 39.2 Å². The number of aromatic nitrogens is 1. The summed E-state index contributed by atoms with van der Waals surface area (Å²) >= 11 is 0. The van der Waals surface area contributed by atoms with Gasteiger partial charge in [0, 0.05) is 31.3 Å². The van der Waals surface area contributed by atoms with E-state index in [9.17, 15) is 30.8 Å². The van der Waals surface area contributed by atoms with Crippen LogP contribution in [0.2, 0.25) is 0 Å². The molecule has 1 amide bonds. The van der Waals surface area contributed by atoms with Gasteiger partial charge in [0.25, 0.3) is 0 Å². The number of rotatable bonds is 7. The van der Waals surface area contributed by atoms with E-state index in [0.717, 1.165) is 37.3 Å². The first-order valence-corrected chi connectivity index (χ1v) is 12.1. The molecule has 1 aliphatic rings. The number of carbonyl (C=O) groups excluding carboxylic acids is 1. The average Bonchev–Trinajstić information content (AvgIpc) is 3.26. The molecule has 0 radical (unpaired) electrons. The van der Waals surface area contributed by atoms with E-state index in [4.69, 9.17) is 5.73 Å². The van der Waals surface area contributed by atoms with E-state index in [2.05, 4.69) is 10.3 Å². The quantitative estimate of drug-likeness (QED) is 0.305. The van der Waals surface area contributed by atoms with Crippen molar-refractivity contribution < 1.29 is 30.8 Å². The molecule has 1 aliphatic heterocycles. The smallest absolute Gasteiger partial charge is 0.397 e. The lowest BCUT2D eigenvalue weighted by Crippen LogP contribution is -2.22.